The SMILES string of the molecule is CC(N)=O.c1cc2ccc1-2. The molecule has 0 atom stereocenters. The number of fused-ring (bicyclic) bond motifs is 1. The van der Waals surface area contributed by atoms with Gasteiger partial charge in [-0.25, -0.2) is 0 Å². The summed E-state index contributed by atoms with van der Waals surface area (Å²) in [6.45, 7) is 1.31. The molecule has 0 aromatic carbocycles. The Labute approximate surface area is 59.7 Å². The number of rotatable bonds is 0. The molecule has 0 heterocycles. The Bertz CT molecular complexity index is 213. The lowest BCUT2D eigenvalue weighted by molar-refractivity contribution is -0.115. The number of carbonyl (C=O) groups is 1. The van der Waals surface area contributed by atoms with Crippen LogP contribution in [0.4, 0.5) is 0 Å². The Balaban J connectivity index is 0.000000112. The van der Waals surface area contributed by atoms with Crippen molar-refractivity contribution in [2.45, 2.75) is 6.92 Å². The van der Waals surface area contributed by atoms with E-state index in [2.05, 4.69) is 30.0 Å². The molecule has 1 amide bonds. The van der Waals surface area contributed by atoms with Gasteiger partial charge in [-0.1, -0.05) is 24.3 Å². The Morgan fingerprint density at radius 1 is 1.20 bits per heavy atom. The predicted molar refractivity (Wildman–Crippen MR) is 40.3 cm³/mol. The molecule has 2 rings (SSSR count). The van der Waals surface area contributed by atoms with Crippen LogP contribution in [0.3, 0.4) is 0 Å². The average molecular weight is 135 g/mol. The standard InChI is InChI=1S/C6H4.C2H5NO/c1-2-6-4-3-5(1)6;1-2(3)4/h1-4H;1H3,(H2,3,4). The van der Waals surface area contributed by atoms with Gasteiger partial charge in [-0.15, -0.1) is 0 Å². The molecule has 52 valence electrons. The lowest BCUT2D eigenvalue weighted by Crippen LogP contribution is -2.01. The summed E-state index contributed by atoms with van der Waals surface area (Å²) in [5.41, 5.74) is 7.32. The molecule has 2 nitrogen and oxygen atoms in total. The summed E-state index contributed by atoms with van der Waals surface area (Å²) >= 11 is 0. The van der Waals surface area contributed by atoms with Crippen molar-refractivity contribution >= 4 is 5.91 Å². The Kier molecular flexibility index (Phi) is 1.71. The number of benzene rings is 1. The lowest BCUT2D eigenvalue weighted by Gasteiger charge is -2.10. The molecule has 0 aliphatic heterocycles. The van der Waals surface area contributed by atoms with Crippen molar-refractivity contribution in [3.05, 3.63) is 24.3 Å². The van der Waals surface area contributed by atoms with E-state index in [9.17, 15) is 4.79 Å². The van der Waals surface area contributed by atoms with Crippen molar-refractivity contribution < 1.29 is 4.79 Å². The quantitative estimate of drug-likeness (QED) is 0.578. The van der Waals surface area contributed by atoms with Crippen molar-refractivity contribution in [1.29, 1.82) is 0 Å². The Morgan fingerprint density at radius 2 is 1.40 bits per heavy atom. The first-order valence-corrected chi connectivity index (χ1v) is 3.06. The minimum Gasteiger partial charge on any atom is -0.370 e. The van der Waals surface area contributed by atoms with Crippen LogP contribution in [0.15, 0.2) is 24.3 Å². The maximum absolute atomic E-state index is 9.22. The van der Waals surface area contributed by atoms with Gasteiger partial charge in [0.1, 0.15) is 0 Å². The summed E-state index contributed by atoms with van der Waals surface area (Å²) in [6.07, 6.45) is 0. The van der Waals surface area contributed by atoms with E-state index in [1.165, 1.54) is 18.1 Å². The van der Waals surface area contributed by atoms with E-state index in [0.29, 0.717) is 0 Å². The van der Waals surface area contributed by atoms with Crippen LogP contribution in [0, 0.1) is 0 Å². The zero-order valence-corrected chi connectivity index (χ0v) is 5.79. The second kappa shape index (κ2) is 2.52. The van der Waals surface area contributed by atoms with Gasteiger partial charge < -0.3 is 5.73 Å². The van der Waals surface area contributed by atoms with Crippen LogP contribution in [0.25, 0.3) is 11.1 Å². The van der Waals surface area contributed by atoms with Gasteiger partial charge in [0.2, 0.25) is 5.91 Å². The van der Waals surface area contributed by atoms with Gasteiger partial charge in [0.05, 0.1) is 0 Å². The van der Waals surface area contributed by atoms with Gasteiger partial charge >= 0.3 is 0 Å². The fourth-order valence-corrected chi connectivity index (χ4v) is 0.663. The number of amides is 1. The van der Waals surface area contributed by atoms with Crippen LogP contribution < -0.4 is 5.73 Å². The number of primary amides is 1. The number of carbonyl (C=O) groups excluding carboxylic acids is 1. The fraction of sp³-hybridized carbons (Fsp3) is 0.125. The van der Waals surface area contributed by atoms with Crippen LogP contribution >= 0.6 is 0 Å². The fourth-order valence-electron chi connectivity index (χ4n) is 0.663. The molecule has 2 aliphatic carbocycles. The predicted octanol–water partition coefficient (Wildman–Crippen LogP) is 1.16. The number of hydrogen-bond acceptors (Lipinski definition) is 1. The molecular weight excluding hydrogens is 126 g/mol. The maximum atomic E-state index is 9.22. The molecule has 0 saturated heterocycles. The number of nitrogens with two attached hydrogens (primary N) is 1. The molecule has 0 aromatic rings. The van der Waals surface area contributed by atoms with Gasteiger partial charge in [-0.2, -0.15) is 0 Å². The van der Waals surface area contributed by atoms with Crippen molar-refractivity contribution in [2.24, 2.45) is 5.73 Å². The van der Waals surface area contributed by atoms with Crippen molar-refractivity contribution in [1.82, 2.24) is 0 Å². The molecule has 0 unspecified atom stereocenters. The van der Waals surface area contributed by atoms with Gasteiger partial charge in [0.15, 0.2) is 0 Å². The van der Waals surface area contributed by atoms with Crippen molar-refractivity contribution in [3.63, 3.8) is 0 Å². The second-order valence-electron chi connectivity index (χ2n) is 2.19. The molecule has 2 aliphatic rings. The second-order valence-corrected chi connectivity index (χ2v) is 2.19. The highest BCUT2D eigenvalue weighted by atomic mass is 16.1. The molecule has 0 radical (unpaired) electrons. The summed E-state index contributed by atoms with van der Waals surface area (Å²) in [6, 6.07) is 8.48. The first-order valence-electron chi connectivity index (χ1n) is 3.06. The molecule has 10 heavy (non-hydrogen) atoms. The van der Waals surface area contributed by atoms with E-state index < -0.39 is 0 Å². The van der Waals surface area contributed by atoms with E-state index >= 15 is 0 Å². The summed E-state index contributed by atoms with van der Waals surface area (Å²) in [5, 5.41) is 0. The molecule has 0 fully saturated rings. The largest absolute Gasteiger partial charge is 0.370 e. The van der Waals surface area contributed by atoms with Crippen molar-refractivity contribution in [2.75, 3.05) is 0 Å². The van der Waals surface area contributed by atoms with Crippen LogP contribution in [0.5, 0.6) is 0 Å². The molecular formula is C8H9NO. The summed E-state index contributed by atoms with van der Waals surface area (Å²) in [5.74, 6) is -0.333. The van der Waals surface area contributed by atoms with Gasteiger partial charge in [0, 0.05) is 6.92 Å². The number of hydrogen-bond donors (Lipinski definition) is 1. The smallest absolute Gasteiger partial charge is 0.214 e. The third kappa shape index (κ3) is 1.35. The van der Waals surface area contributed by atoms with Crippen molar-refractivity contribution in [3.8, 4) is 11.1 Å². The summed E-state index contributed by atoms with van der Waals surface area (Å²) in [7, 11) is 0. The van der Waals surface area contributed by atoms with Gasteiger partial charge in [0.25, 0.3) is 0 Å². The molecule has 0 aromatic heterocycles. The highest BCUT2D eigenvalue weighted by Crippen LogP contribution is 2.29. The zero-order chi connectivity index (χ0) is 7.56. The Morgan fingerprint density at radius 3 is 1.40 bits per heavy atom. The first kappa shape index (κ1) is 6.81. The van der Waals surface area contributed by atoms with Crippen LogP contribution in [-0.2, 0) is 4.79 Å². The minimum absolute atomic E-state index is 0.333. The summed E-state index contributed by atoms with van der Waals surface area (Å²) < 4.78 is 0. The average Bonchev–Trinajstić information content (AvgIpc) is 1.77. The van der Waals surface area contributed by atoms with E-state index in [0.717, 1.165) is 0 Å². The third-order valence-corrected chi connectivity index (χ3v) is 1.22. The van der Waals surface area contributed by atoms with E-state index in [4.69, 9.17) is 0 Å². The monoisotopic (exact) mass is 135 g/mol. The molecule has 2 N–H and O–H groups in total. The molecule has 0 saturated carbocycles. The lowest BCUT2D eigenvalue weighted by atomic mass is 9.95. The Hall–Kier alpha value is -1.31. The topological polar surface area (TPSA) is 43.1 Å². The third-order valence-electron chi connectivity index (χ3n) is 1.22. The maximum Gasteiger partial charge on any atom is 0.214 e. The van der Waals surface area contributed by atoms with Crippen LogP contribution in [-0.4, -0.2) is 5.91 Å². The highest BCUT2D eigenvalue weighted by Gasteiger charge is 2.03. The van der Waals surface area contributed by atoms with Crippen LogP contribution in [0.2, 0.25) is 0 Å². The van der Waals surface area contributed by atoms with E-state index in [-0.39, 0.29) is 5.91 Å². The van der Waals surface area contributed by atoms with E-state index in [1.54, 1.807) is 0 Å². The first-order chi connectivity index (χ1) is 4.70. The van der Waals surface area contributed by atoms with E-state index in [1.807, 2.05) is 0 Å². The normalized spacial score (nSPS) is 9.30. The molecule has 0 bridgehead atoms. The summed E-state index contributed by atoms with van der Waals surface area (Å²) in [4.78, 5) is 9.22. The molecule has 0 spiro atoms. The highest BCUT2D eigenvalue weighted by molar-refractivity contribution is 5.75. The minimum atomic E-state index is -0.333. The van der Waals surface area contributed by atoms with Gasteiger partial charge in [-0.05, 0) is 11.1 Å². The zero-order valence-electron chi connectivity index (χ0n) is 5.79. The molecule has 2 heteroatoms. The van der Waals surface area contributed by atoms with Gasteiger partial charge in [-0.3, -0.25) is 4.79 Å². The van der Waals surface area contributed by atoms with Crippen LogP contribution in [0.1, 0.15) is 6.92 Å².